The number of nitrogens with zero attached hydrogens (tertiary/aromatic N) is 3. The van der Waals surface area contributed by atoms with Gasteiger partial charge in [-0.3, -0.25) is 9.59 Å². The summed E-state index contributed by atoms with van der Waals surface area (Å²) in [5, 5.41) is 7.44. The molecule has 0 aromatic carbocycles. The summed E-state index contributed by atoms with van der Waals surface area (Å²) in [6.07, 6.45) is 9.36. The van der Waals surface area contributed by atoms with Gasteiger partial charge in [0.2, 0.25) is 5.91 Å². The van der Waals surface area contributed by atoms with Crippen LogP contribution in [-0.2, 0) is 11.3 Å². The third-order valence-electron chi connectivity index (χ3n) is 5.34. The zero-order valence-corrected chi connectivity index (χ0v) is 14.5. The van der Waals surface area contributed by atoms with Crippen LogP contribution in [-0.4, -0.2) is 34.8 Å². The van der Waals surface area contributed by atoms with Gasteiger partial charge < -0.3 is 10.2 Å². The summed E-state index contributed by atoms with van der Waals surface area (Å²) in [6, 6.07) is 1.93. The van der Waals surface area contributed by atoms with E-state index in [1.807, 2.05) is 6.92 Å². The van der Waals surface area contributed by atoms with Gasteiger partial charge >= 0.3 is 0 Å². The van der Waals surface area contributed by atoms with Crippen molar-refractivity contribution in [1.29, 1.82) is 0 Å². The molecule has 132 valence electrons. The summed E-state index contributed by atoms with van der Waals surface area (Å²) in [5.74, 6) is 0.475. The van der Waals surface area contributed by atoms with Gasteiger partial charge in [0.15, 0.2) is 0 Å². The lowest BCUT2D eigenvalue weighted by molar-refractivity contribution is -0.126. The van der Waals surface area contributed by atoms with Gasteiger partial charge in [-0.25, -0.2) is 4.68 Å². The van der Waals surface area contributed by atoms with Crippen molar-refractivity contribution in [3.63, 3.8) is 0 Å². The molecule has 1 aromatic rings. The van der Waals surface area contributed by atoms with Gasteiger partial charge in [-0.2, -0.15) is 5.10 Å². The van der Waals surface area contributed by atoms with Crippen LogP contribution >= 0.6 is 0 Å². The molecule has 1 aliphatic heterocycles. The molecule has 0 radical (unpaired) electrons. The largest absolute Gasteiger partial charge is 0.370 e. The molecule has 1 aromatic heterocycles. The highest BCUT2D eigenvalue weighted by atomic mass is 16.2. The van der Waals surface area contributed by atoms with E-state index in [1.165, 1.54) is 23.9 Å². The lowest BCUT2D eigenvalue weighted by atomic mass is 9.88. The molecule has 24 heavy (non-hydrogen) atoms. The Hall–Kier alpha value is -1.85. The highest BCUT2D eigenvalue weighted by Gasteiger charge is 2.26. The smallest absolute Gasteiger partial charge is 0.268 e. The van der Waals surface area contributed by atoms with Crippen LogP contribution in [0.5, 0.6) is 0 Å². The number of carbonyl (C=O) groups is 1. The molecule has 1 amide bonds. The van der Waals surface area contributed by atoms with Crippen LogP contribution in [0.2, 0.25) is 0 Å². The number of amides is 1. The zero-order chi connectivity index (χ0) is 16.9. The van der Waals surface area contributed by atoms with Crippen molar-refractivity contribution in [1.82, 2.24) is 15.1 Å². The van der Waals surface area contributed by atoms with Gasteiger partial charge in [-0.15, -0.1) is 0 Å². The van der Waals surface area contributed by atoms with E-state index >= 15 is 0 Å². The molecule has 6 nitrogen and oxygen atoms in total. The van der Waals surface area contributed by atoms with Gasteiger partial charge in [0.05, 0.1) is 11.9 Å². The molecular weight excluding hydrogens is 304 g/mol. The number of piperidine rings is 1. The number of carbonyl (C=O) groups excluding carboxylic acids is 1. The highest BCUT2D eigenvalue weighted by molar-refractivity contribution is 5.79. The van der Waals surface area contributed by atoms with E-state index in [0.29, 0.717) is 6.54 Å². The summed E-state index contributed by atoms with van der Waals surface area (Å²) in [7, 11) is 0. The van der Waals surface area contributed by atoms with E-state index in [2.05, 4.69) is 15.3 Å². The van der Waals surface area contributed by atoms with Crippen molar-refractivity contribution in [3.05, 3.63) is 22.6 Å². The molecule has 0 spiro atoms. The molecule has 0 bridgehead atoms. The summed E-state index contributed by atoms with van der Waals surface area (Å²) in [4.78, 5) is 26.5. The first-order chi connectivity index (χ1) is 11.7. The summed E-state index contributed by atoms with van der Waals surface area (Å²) < 4.78 is 1.46. The van der Waals surface area contributed by atoms with Crippen LogP contribution in [0, 0.1) is 5.92 Å². The third kappa shape index (κ3) is 3.97. The van der Waals surface area contributed by atoms with E-state index in [-0.39, 0.29) is 23.4 Å². The quantitative estimate of drug-likeness (QED) is 0.915. The second kappa shape index (κ2) is 7.81. The molecule has 1 saturated heterocycles. The fraction of sp³-hybridized carbons (Fsp3) is 0.722. The maximum Gasteiger partial charge on any atom is 0.268 e. The Morgan fingerprint density at radius 3 is 2.54 bits per heavy atom. The van der Waals surface area contributed by atoms with Crippen molar-refractivity contribution in [2.45, 2.75) is 64.5 Å². The maximum atomic E-state index is 12.4. The van der Waals surface area contributed by atoms with Crippen LogP contribution < -0.4 is 15.8 Å². The first-order valence-corrected chi connectivity index (χ1v) is 9.30. The van der Waals surface area contributed by atoms with E-state index in [4.69, 9.17) is 0 Å². The summed E-state index contributed by atoms with van der Waals surface area (Å²) >= 11 is 0. The van der Waals surface area contributed by atoms with E-state index in [1.54, 1.807) is 12.3 Å². The number of hydrogen-bond acceptors (Lipinski definition) is 4. The van der Waals surface area contributed by atoms with Gasteiger partial charge in [-0.1, -0.05) is 19.3 Å². The maximum absolute atomic E-state index is 12.4. The van der Waals surface area contributed by atoms with Gasteiger partial charge in [-0.05, 0) is 32.6 Å². The SMILES string of the molecule is CCn1ncc(N2CCC(NC(=O)C3CCCCC3)CC2)cc1=O. The number of anilines is 1. The van der Waals surface area contributed by atoms with Crippen molar-refractivity contribution < 1.29 is 4.79 Å². The number of hydrogen-bond donors (Lipinski definition) is 1. The lowest BCUT2D eigenvalue weighted by Crippen LogP contribution is -2.46. The van der Waals surface area contributed by atoms with E-state index in [0.717, 1.165) is 44.5 Å². The third-order valence-corrected chi connectivity index (χ3v) is 5.34. The van der Waals surface area contributed by atoms with Crippen LogP contribution in [0.25, 0.3) is 0 Å². The molecule has 2 aliphatic rings. The first kappa shape index (κ1) is 17.0. The van der Waals surface area contributed by atoms with Crippen molar-refractivity contribution in [2.24, 2.45) is 5.92 Å². The molecule has 1 aliphatic carbocycles. The Kier molecular flexibility index (Phi) is 5.53. The molecule has 2 heterocycles. The van der Waals surface area contributed by atoms with Crippen LogP contribution in [0.15, 0.2) is 17.1 Å². The van der Waals surface area contributed by atoms with Crippen molar-refractivity contribution in [2.75, 3.05) is 18.0 Å². The lowest BCUT2D eigenvalue weighted by Gasteiger charge is -2.34. The molecule has 1 N–H and O–H groups in total. The minimum atomic E-state index is -0.0530. The molecule has 6 heteroatoms. The second-order valence-corrected chi connectivity index (χ2v) is 6.97. The summed E-state index contributed by atoms with van der Waals surface area (Å²) in [6.45, 7) is 4.21. The van der Waals surface area contributed by atoms with Crippen molar-refractivity contribution >= 4 is 11.6 Å². The Balaban J connectivity index is 1.51. The number of rotatable bonds is 4. The molecule has 1 saturated carbocycles. The van der Waals surface area contributed by atoms with Gasteiger partial charge in [0.1, 0.15) is 0 Å². The topological polar surface area (TPSA) is 67.2 Å². The first-order valence-electron chi connectivity index (χ1n) is 9.30. The highest BCUT2D eigenvalue weighted by Crippen LogP contribution is 2.24. The Bertz CT molecular complexity index is 614. The van der Waals surface area contributed by atoms with Crippen LogP contribution in [0.4, 0.5) is 5.69 Å². The Morgan fingerprint density at radius 1 is 1.21 bits per heavy atom. The zero-order valence-electron chi connectivity index (χ0n) is 14.5. The minimum Gasteiger partial charge on any atom is -0.370 e. The van der Waals surface area contributed by atoms with Gasteiger partial charge in [0, 0.05) is 37.7 Å². The summed E-state index contributed by atoms with van der Waals surface area (Å²) in [5.41, 5.74) is 0.837. The second-order valence-electron chi connectivity index (χ2n) is 6.97. The number of aryl methyl sites for hydroxylation is 1. The van der Waals surface area contributed by atoms with Crippen LogP contribution in [0.3, 0.4) is 0 Å². The molecule has 0 unspecified atom stereocenters. The average molecular weight is 332 g/mol. The van der Waals surface area contributed by atoms with Gasteiger partial charge in [0.25, 0.3) is 5.56 Å². The standard InChI is InChI=1S/C18H28N4O2/c1-2-22-17(23)12-16(13-19-22)21-10-8-15(9-11-21)20-18(24)14-6-4-3-5-7-14/h12-15H,2-11H2,1H3,(H,20,24). The van der Waals surface area contributed by atoms with Crippen molar-refractivity contribution in [3.8, 4) is 0 Å². The van der Waals surface area contributed by atoms with E-state index < -0.39 is 0 Å². The average Bonchev–Trinajstić information content (AvgIpc) is 2.63. The molecule has 3 rings (SSSR count). The van der Waals surface area contributed by atoms with Crippen LogP contribution in [0.1, 0.15) is 51.9 Å². The van der Waals surface area contributed by atoms with E-state index in [9.17, 15) is 9.59 Å². The molecular formula is C18H28N4O2. The number of nitrogens with one attached hydrogen (secondary N) is 1. The monoisotopic (exact) mass is 332 g/mol. The Morgan fingerprint density at radius 2 is 1.92 bits per heavy atom. The normalized spacial score (nSPS) is 20.1. The number of aromatic nitrogens is 2. The molecule has 2 fully saturated rings. The molecule has 0 atom stereocenters. The predicted octanol–water partition coefficient (Wildman–Crippen LogP) is 1.93. The fourth-order valence-corrected chi connectivity index (χ4v) is 3.80. The fourth-order valence-electron chi connectivity index (χ4n) is 3.80. The predicted molar refractivity (Wildman–Crippen MR) is 94.1 cm³/mol. The minimum absolute atomic E-state index is 0.0530. The Labute approximate surface area is 143 Å².